The number of pyridine rings is 1. The summed E-state index contributed by atoms with van der Waals surface area (Å²) in [4.78, 5) is 24.5. The molecule has 0 atom stereocenters. The number of aromatic nitrogens is 4. The van der Waals surface area contributed by atoms with E-state index in [1.165, 1.54) is 31.3 Å². The monoisotopic (exact) mass is 519 g/mol. The van der Waals surface area contributed by atoms with E-state index >= 15 is 0 Å². The summed E-state index contributed by atoms with van der Waals surface area (Å²) in [6, 6.07) is 10.0. The molecule has 0 saturated carbocycles. The number of nitriles is 1. The van der Waals surface area contributed by atoms with Crippen molar-refractivity contribution in [3.63, 3.8) is 0 Å². The Kier molecular flexibility index (Phi) is 6.43. The maximum atomic E-state index is 13.8. The third kappa shape index (κ3) is 4.87. The zero-order chi connectivity index (χ0) is 26.2. The second-order valence-electron chi connectivity index (χ2n) is 7.58. The molecule has 184 valence electrons. The summed E-state index contributed by atoms with van der Waals surface area (Å²) in [5.41, 5.74) is -2.29. The highest BCUT2D eigenvalue weighted by atomic mass is 35.5. The molecule has 0 aliphatic heterocycles. The molecule has 13 heteroatoms. The average Bonchev–Trinajstić information content (AvgIpc) is 3.13. The number of nitrogens with zero attached hydrogens (tertiary/aromatic N) is 4. The third-order valence-electron chi connectivity index (χ3n) is 5.21. The standard InChI is InChI=1S/C23H14ClF4N5O3/c1-32-19(30-31-22(32)35)11-33-5-4-16(23(26,27)28)20(21(33)34)36-18-3-2-13(9-17(18)24)14-6-12(10-29)7-15(25)8-14/h2-9H,11H2,1H3,(H,31,35). The van der Waals surface area contributed by atoms with Crippen molar-refractivity contribution in [2.75, 3.05) is 0 Å². The first-order valence-electron chi connectivity index (χ1n) is 10.1. The molecular formula is C23H14ClF4N5O3. The maximum Gasteiger partial charge on any atom is 0.420 e. The van der Waals surface area contributed by atoms with E-state index in [0.29, 0.717) is 17.2 Å². The Morgan fingerprint density at radius 1 is 1.14 bits per heavy atom. The van der Waals surface area contributed by atoms with Gasteiger partial charge in [0.1, 0.15) is 17.1 Å². The number of alkyl halides is 3. The lowest BCUT2D eigenvalue weighted by Crippen LogP contribution is -2.26. The van der Waals surface area contributed by atoms with Crippen LogP contribution >= 0.6 is 11.6 Å². The Morgan fingerprint density at radius 3 is 2.50 bits per heavy atom. The van der Waals surface area contributed by atoms with Gasteiger partial charge in [-0.25, -0.2) is 14.3 Å². The van der Waals surface area contributed by atoms with Crippen molar-refractivity contribution in [3.05, 3.63) is 97.3 Å². The molecule has 0 fully saturated rings. The second-order valence-corrected chi connectivity index (χ2v) is 7.99. The molecule has 0 amide bonds. The molecule has 0 radical (unpaired) electrons. The van der Waals surface area contributed by atoms with Crippen LogP contribution in [0, 0.1) is 17.1 Å². The topological polar surface area (TPSA) is 106 Å². The van der Waals surface area contributed by atoms with Gasteiger partial charge in [-0.3, -0.25) is 9.36 Å². The van der Waals surface area contributed by atoms with Gasteiger partial charge in [0, 0.05) is 13.2 Å². The minimum atomic E-state index is -4.92. The van der Waals surface area contributed by atoms with Gasteiger partial charge in [-0.2, -0.15) is 23.5 Å². The van der Waals surface area contributed by atoms with Crippen LogP contribution in [0.15, 0.2) is 58.3 Å². The normalized spacial score (nSPS) is 11.4. The smallest absolute Gasteiger partial charge is 0.420 e. The van der Waals surface area contributed by atoms with E-state index in [1.54, 1.807) is 0 Å². The number of ether oxygens (including phenoxy) is 1. The fraction of sp³-hybridized carbons (Fsp3) is 0.130. The number of nitrogens with one attached hydrogen (secondary N) is 1. The highest BCUT2D eigenvalue weighted by Gasteiger charge is 2.37. The molecule has 4 aromatic rings. The predicted octanol–water partition coefficient (Wildman–Crippen LogP) is 4.46. The van der Waals surface area contributed by atoms with Crippen LogP contribution in [0.1, 0.15) is 17.0 Å². The first-order valence-corrected chi connectivity index (χ1v) is 10.4. The van der Waals surface area contributed by atoms with Crippen LogP contribution in [0.3, 0.4) is 0 Å². The minimum absolute atomic E-state index is 0.0653. The highest BCUT2D eigenvalue weighted by molar-refractivity contribution is 6.32. The van der Waals surface area contributed by atoms with Crippen molar-refractivity contribution < 1.29 is 22.3 Å². The van der Waals surface area contributed by atoms with E-state index in [0.717, 1.165) is 27.5 Å². The zero-order valence-electron chi connectivity index (χ0n) is 18.2. The molecule has 2 aromatic carbocycles. The van der Waals surface area contributed by atoms with Crippen LogP contribution in [-0.4, -0.2) is 19.3 Å². The van der Waals surface area contributed by atoms with Crippen LogP contribution in [-0.2, 0) is 19.8 Å². The van der Waals surface area contributed by atoms with Crippen LogP contribution in [0.5, 0.6) is 11.5 Å². The van der Waals surface area contributed by atoms with Gasteiger partial charge in [-0.15, -0.1) is 0 Å². The summed E-state index contributed by atoms with van der Waals surface area (Å²) in [5.74, 6) is -1.85. The van der Waals surface area contributed by atoms with Crippen molar-refractivity contribution in [1.29, 1.82) is 5.26 Å². The van der Waals surface area contributed by atoms with Crippen LogP contribution < -0.4 is 16.0 Å². The molecule has 0 saturated heterocycles. The summed E-state index contributed by atoms with van der Waals surface area (Å²) < 4.78 is 62.2. The van der Waals surface area contributed by atoms with Crippen molar-refractivity contribution in [2.24, 2.45) is 7.05 Å². The Morgan fingerprint density at radius 2 is 1.89 bits per heavy atom. The van der Waals surface area contributed by atoms with Crippen molar-refractivity contribution in [1.82, 2.24) is 19.3 Å². The predicted molar refractivity (Wildman–Crippen MR) is 120 cm³/mol. The first-order chi connectivity index (χ1) is 17.0. The molecule has 0 aliphatic rings. The van der Waals surface area contributed by atoms with Crippen LogP contribution in [0.4, 0.5) is 17.6 Å². The van der Waals surface area contributed by atoms with E-state index in [2.05, 4.69) is 10.2 Å². The minimum Gasteiger partial charge on any atom is -0.449 e. The molecule has 0 bridgehead atoms. The molecule has 4 rings (SSSR count). The van der Waals surface area contributed by atoms with Crippen LogP contribution in [0.25, 0.3) is 11.1 Å². The summed E-state index contributed by atoms with van der Waals surface area (Å²) in [6.07, 6.45) is -4.01. The van der Waals surface area contributed by atoms with Crippen molar-refractivity contribution in [3.8, 4) is 28.7 Å². The van der Waals surface area contributed by atoms with Gasteiger partial charge in [0.2, 0.25) is 5.75 Å². The average molecular weight is 520 g/mol. The fourth-order valence-electron chi connectivity index (χ4n) is 3.37. The van der Waals surface area contributed by atoms with Gasteiger partial charge in [-0.05, 0) is 47.5 Å². The molecule has 0 unspecified atom stereocenters. The SMILES string of the molecule is Cn1c(Cn2ccc(C(F)(F)F)c(Oc3ccc(-c4cc(F)cc(C#N)c4)cc3Cl)c2=O)n[nH]c1=O. The van der Waals surface area contributed by atoms with Crippen LogP contribution in [0.2, 0.25) is 5.02 Å². The molecule has 0 spiro atoms. The van der Waals surface area contributed by atoms with E-state index < -0.39 is 34.6 Å². The van der Waals surface area contributed by atoms with E-state index in [-0.39, 0.29) is 28.7 Å². The zero-order valence-corrected chi connectivity index (χ0v) is 19.0. The Balaban J connectivity index is 1.75. The van der Waals surface area contributed by atoms with Gasteiger partial charge in [-0.1, -0.05) is 17.7 Å². The van der Waals surface area contributed by atoms with E-state index in [9.17, 15) is 27.2 Å². The maximum absolute atomic E-state index is 13.8. The lowest BCUT2D eigenvalue weighted by Gasteiger charge is -2.16. The molecule has 36 heavy (non-hydrogen) atoms. The third-order valence-corrected chi connectivity index (χ3v) is 5.51. The molecule has 8 nitrogen and oxygen atoms in total. The number of rotatable bonds is 5. The van der Waals surface area contributed by atoms with Crippen molar-refractivity contribution in [2.45, 2.75) is 12.7 Å². The summed E-state index contributed by atoms with van der Waals surface area (Å²) in [5, 5.41) is 14.8. The van der Waals surface area contributed by atoms with Gasteiger partial charge in [0.05, 0.1) is 23.2 Å². The quantitative estimate of drug-likeness (QED) is 0.392. The number of hydrogen-bond donors (Lipinski definition) is 1. The first kappa shape index (κ1) is 24.7. The summed E-state index contributed by atoms with van der Waals surface area (Å²) in [7, 11) is 1.38. The number of hydrogen-bond acceptors (Lipinski definition) is 5. The van der Waals surface area contributed by atoms with E-state index in [4.69, 9.17) is 21.6 Å². The highest BCUT2D eigenvalue weighted by Crippen LogP contribution is 2.39. The fourth-order valence-corrected chi connectivity index (χ4v) is 3.59. The Labute approximate surface area is 204 Å². The molecule has 0 aliphatic carbocycles. The lowest BCUT2D eigenvalue weighted by atomic mass is 10.0. The van der Waals surface area contributed by atoms with Gasteiger partial charge >= 0.3 is 11.9 Å². The number of H-pyrrole nitrogens is 1. The number of halogens is 5. The summed E-state index contributed by atoms with van der Waals surface area (Å²) in [6.45, 7) is -0.309. The molecule has 2 heterocycles. The lowest BCUT2D eigenvalue weighted by molar-refractivity contribution is -0.138. The van der Waals surface area contributed by atoms with Gasteiger partial charge in [0.15, 0.2) is 5.82 Å². The van der Waals surface area contributed by atoms with Gasteiger partial charge < -0.3 is 9.30 Å². The van der Waals surface area contributed by atoms with Crippen molar-refractivity contribution >= 4 is 11.6 Å². The largest absolute Gasteiger partial charge is 0.449 e. The molecular weight excluding hydrogens is 506 g/mol. The summed E-state index contributed by atoms with van der Waals surface area (Å²) >= 11 is 6.23. The molecule has 1 N–H and O–H groups in total. The second kappa shape index (κ2) is 9.35. The Hall–Kier alpha value is -4.37. The Bertz CT molecular complexity index is 1630. The molecule has 2 aromatic heterocycles. The van der Waals surface area contributed by atoms with Gasteiger partial charge in [0.25, 0.3) is 5.56 Å². The number of benzene rings is 2. The van der Waals surface area contributed by atoms with E-state index in [1.807, 2.05) is 6.07 Å². The number of aromatic amines is 1.